The summed E-state index contributed by atoms with van der Waals surface area (Å²) in [5.74, 6) is -5.84. The van der Waals surface area contributed by atoms with Crippen LogP contribution in [-0.2, 0) is 14.4 Å². The van der Waals surface area contributed by atoms with Crippen LogP contribution in [-0.4, -0.2) is 33.9 Å². The molecule has 12 heteroatoms. The maximum absolute atomic E-state index is 15.3. The van der Waals surface area contributed by atoms with Crippen molar-refractivity contribution in [3.63, 3.8) is 0 Å². The minimum atomic E-state index is -1.57. The van der Waals surface area contributed by atoms with Crippen molar-refractivity contribution in [1.82, 2.24) is 4.98 Å². The van der Waals surface area contributed by atoms with Gasteiger partial charge in [-0.25, -0.2) is 18.2 Å². The molecule has 37 heavy (non-hydrogen) atoms. The van der Waals surface area contributed by atoms with E-state index < -0.39 is 58.1 Å². The first kappa shape index (κ1) is 25.6. The summed E-state index contributed by atoms with van der Waals surface area (Å²) in [4.78, 5) is 41.6. The molecule has 1 aliphatic rings. The Morgan fingerprint density at radius 2 is 1.76 bits per heavy atom. The van der Waals surface area contributed by atoms with Crippen molar-refractivity contribution in [2.24, 2.45) is 11.1 Å². The topological polar surface area (TPSA) is 135 Å². The molecule has 3 aromatic rings. The SMILES string of the molecule is C[C@@H](O)C(=O)Nc1cc(Oc2cc(F)c(N(C(=O)C3(C(N)=O)CC3)c3ccc(F)cc3)cc2F)ccn1. The van der Waals surface area contributed by atoms with Crippen LogP contribution < -0.4 is 20.7 Å². The van der Waals surface area contributed by atoms with E-state index >= 15 is 8.78 Å². The molecule has 1 saturated carbocycles. The largest absolute Gasteiger partial charge is 0.454 e. The Balaban J connectivity index is 1.68. The number of amides is 3. The summed E-state index contributed by atoms with van der Waals surface area (Å²) in [6.07, 6.45) is 0.213. The molecule has 0 aliphatic heterocycles. The molecule has 4 rings (SSSR count). The van der Waals surface area contributed by atoms with E-state index in [0.717, 1.165) is 17.0 Å². The molecule has 3 amide bonds. The summed E-state index contributed by atoms with van der Waals surface area (Å²) in [6, 6.07) is 8.39. The number of anilines is 3. The zero-order valence-corrected chi connectivity index (χ0v) is 19.4. The number of ether oxygens (including phenoxy) is 1. The Morgan fingerprint density at radius 1 is 1.08 bits per heavy atom. The van der Waals surface area contributed by atoms with Crippen LogP contribution in [0.25, 0.3) is 0 Å². The molecule has 1 atom stereocenters. The highest BCUT2D eigenvalue weighted by Crippen LogP contribution is 2.49. The van der Waals surface area contributed by atoms with Crippen LogP contribution in [0.4, 0.5) is 30.4 Å². The van der Waals surface area contributed by atoms with Gasteiger partial charge >= 0.3 is 0 Å². The third-order valence-corrected chi connectivity index (χ3v) is 5.75. The molecule has 0 radical (unpaired) electrons. The number of halogens is 3. The molecule has 1 fully saturated rings. The van der Waals surface area contributed by atoms with Gasteiger partial charge in [0, 0.05) is 30.1 Å². The third kappa shape index (κ3) is 5.23. The number of carbonyl (C=O) groups is 3. The van der Waals surface area contributed by atoms with E-state index in [1.165, 1.54) is 37.4 Å². The summed E-state index contributed by atoms with van der Waals surface area (Å²) in [5.41, 5.74) is 3.30. The van der Waals surface area contributed by atoms with E-state index in [4.69, 9.17) is 10.5 Å². The average molecular weight is 514 g/mol. The Bertz CT molecular complexity index is 1380. The number of aliphatic hydroxyl groups is 1. The first-order valence-corrected chi connectivity index (χ1v) is 11.0. The molecular formula is C25H21F3N4O5. The lowest BCUT2D eigenvalue weighted by Crippen LogP contribution is -2.41. The lowest BCUT2D eigenvalue weighted by Gasteiger charge is -2.27. The monoisotopic (exact) mass is 514 g/mol. The fraction of sp³-hybridized carbons (Fsp3) is 0.200. The van der Waals surface area contributed by atoms with Crippen molar-refractivity contribution in [2.75, 3.05) is 10.2 Å². The van der Waals surface area contributed by atoms with Crippen molar-refractivity contribution in [3.8, 4) is 11.5 Å². The van der Waals surface area contributed by atoms with Crippen LogP contribution in [0, 0.1) is 22.9 Å². The van der Waals surface area contributed by atoms with Crippen molar-refractivity contribution < 1.29 is 37.4 Å². The third-order valence-electron chi connectivity index (χ3n) is 5.75. The number of aromatic nitrogens is 1. The van der Waals surface area contributed by atoms with E-state index in [9.17, 15) is 23.9 Å². The van der Waals surface area contributed by atoms with Gasteiger partial charge in [-0.15, -0.1) is 0 Å². The first-order chi connectivity index (χ1) is 17.5. The summed E-state index contributed by atoms with van der Waals surface area (Å²) < 4.78 is 49.3. The first-order valence-electron chi connectivity index (χ1n) is 11.0. The Morgan fingerprint density at radius 3 is 2.35 bits per heavy atom. The number of nitrogens with two attached hydrogens (primary N) is 1. The Labute approximate surface area is 208 Å². The maximum atomic E-state index is 15.3. The number of carbonyl (C=O) groups excluding carboxylic acids is 3. The van der Waals surface area contributed by atoms with Gasteiger partial charge in [-0.3, -0.25) is 19.3 Å². The van der Waals surface area contributed by atoms with E-state index in [1.54, 1.807) is 0 Å². The number of rotatable bonds is 8. The van der Waals surface area contributed by atoms with Crippen LogP contribution >= 0.6 is 0 Å². The zero-order valence-electron chi connectivity index (χ0n) is 19.4. The van der Waals surface area contributed by atoms with Gasteiger partial charge < -0.3 is 20.9 Å². The van der Waals surface area contributed by atoms with Crippen LogP contribution in [0.1, 0.15) is 19.8 Å². The molecule has 0 spiro atoms. The van der Waals surface area contributed by atoms with Gasteiger partial charge in [0.1, 0.15) is 28.9 Å². The van der Waals surface area contributed by atoms with Crippen LogP contribution in [0.2, 0.25) is 0 Å². The molecule has 0 saturated heterocycles. The smallest absolute Gasteiger partial charge is 0.254 e. The van der Waals surface area contributed by atoms with Gasteiger partial charge in [0.25, 0.3) is 5.91 Å². The second-order valence-electron chi connectivity index (χ2n) is 8.44. The number of benzene rings is 2. The predicted octanol–water partition coefficient (Wildman–Crippen LogP) is 3.54. The van der Waals surface area contributed by atoms with Gasteiger partial charge in [-0.2, -0.15) is 0 Å². The molecule has 4 N–H and O–H groups in total. The summed E-state index contributed by atoms with van der Waals surface area (Å²) in [7, 11) is 0. The van der Waals surface area contributed by atoms with Gasteiger partial charge in [0.05, 0.1) is 5.69 Å². The maximum Gasteiger partial charge on any atom is 0.254 e. The van der Waals surface area contributed by atoms with Crippen molar-refractivity contribution in [2.45, 2.75) is 25.9 Å². The summed E-state index contributed by atoms with van der Waals surface area (Å²) in [6.45, 7) is 1.25. The average Bonchev–Trinajstić information content (AvgIpc) is 3.66. The number of nitrogens with zero attached hydrogens (tertiary/aromatic N) is 2. The molecule has 1 aliphatic carbocycles. The normalized spacial score (nSPS) is 14.4. The minimum absolute atomic E-state index is 0.00137. The van der Waals surface area contributed by atoms with Crippen LogP contribution in [0.3, 0.4) is 0 Å². The van der Waals surface area contributed by atoms with Crippen LogP contribution in [0.5, 0.6) is 11.5 Å². The number of nitrogens with one attached hydrogen (secondary N) is 1. The Hall–Kier alpha value is -4.45. The van der Waals surface area contributed by atoms with Crippen molar-refractivity contribution in [1.29, 1.82) is 0 Å². The molecule has 192 valence electrons. The van der Waals surface area contributed by atoms with Gasteiger partial charge in [-0.05, 0) is 50.1 Å². The fourth-order valence-corrected chi connectivity index (χ4v) is 3.53. The minimum Gasteiger partial charge on any atom is -0.454 e. The van der Waals surface area contributed by atoms with E-state index in [0.29, 0.717) is 12.1 Å². The summed E-state index contributed by atoms with van der Waals surface area (Å²) in [5, 5.41) is 11.6. The number of hydrogen-bond acceptors (Lipinski definition) is 6. The molecule has 0 unspecified atom stereocenters. The second-order valence-corrected chi connectivity index (χ2v) is 8.44. The van der Waals surface area contributed by atoms with E-state index in [1.807, 2.05) is 0 Å². The number of hydrogen-bond donors (Lipinski definition) is 3. The quantitative estimate of drug-likeness (QED) is 0.394. The van der Waals surface area contributed by atoms with Crippen molar-refractivity contribution in [3.05, 3.63) is 72.2 Å². The van der Waals surface area contributed by atoms with Gasteiger partial charge in [0.15, 0.2) is 17.4 Å². The van der Waals surface area contributed by atoms with E-state index in [2.05, 4.69) is 10.3 Å². The number of pyridine rings is 1. The standard InChI is InChI=1S/C25H21F3N4O5/c1-13(33)22(34)31-21-10-16(6-9-30-21)37-20-12-17(27)19(11-18(20)28)32(15-4-2-14(26)3-5-15)24(36)25(7-8-25)23(29)35/h2-6,9-13,33H,7-8H2,1H3,(H2,29,35)(H,30,31,34)/t13-/m1/s1. The second kappa shape index (κ2) is 9.90. The molecule has 9 nitrogen and oxygen atoms in total. The molecule has 0 bridgehead atoms. The highest BCUT2D eigenvalue weighted by atomic mass is 19.1. The highest BCUT2D eigenvalue weighted by molar-refractivity contribution is 6.16. The Kier molecular flexibility index (Phi) is 6.86. The lowest BCUT2D eigenvalue weighted by molar-refractivity contribution is -0.133. The van der Waals surface area contributed by atoms with E-state index in [-0.39, 0.29) is 30.1 Å². The van der Waals surface area contributed by atoms with Gasteiger partial charge in [0.2, 0.25) is 11.8 Å². The molecular weight excluding hydrogens is 493 g/mol. The number of primary amides is 1. The molecule has 1 aromatic heterocycles. The van der Waals surface area contributed by atoms with Crippen LogP contribution in [0.15, 0.2) is 54.7 Å². The summed E-state index contributed by atoms with van der Waals surface area (Å²) >= 11 is 0. The van der Waals surface area contributed by atoms with Crippen molar-refractivity contribution >= 4 is 34.9 Å². The van der Waals surface area contributed by atoms with Gasteiger partial charge in [-0.1, -0.05) is 0 Å². The predicted molar refractivity (Wildman–Crippen MR) is 125 cm³/mol. The highest BCUT2D eigenvalue weighted by Gasteiger charge is 2.57. The molecule has 2 aromatic carbocycles. The lowest BCUT2D eigenvalue weighted by atomic mass is 10.0. The fourth-order valence-electron chi connectivity index (χ4n) is 3.53. The number of aliphatic hydroxyl groups excluding tert-OH is 1. The zero-order chi connectivity index (χ0) is 26.9. The molecule has 1 heterocycles.